The number of rotatable bonds is 4. The lowest BCUT2D eigenvalue weighted by molar-refractivity contribution is -0.0109. The van der Waals surface area contributed by atoms with Gasteiger partial charge in [-0.3, -0.25) is 4.79 Å². The largest absolute Gasteiger partial charge is 0.489 e. The van der Waals surface area contributed by atoms with Crippen LogP contribution in [-0.2, 0) is 4.74 Å². The van der Waals surface area contributed by atoms with Crippen LogP contribution in [0.4, 0.5) is 5.69 Å². The van der Waals surface area contributed by atoms with Gasteiger partial charge in [-0.15, -0.1) is 0 Å². The topological polar surface area (TPSA) is 87.6 Å². The Hall–Kier alpha value is -1.75. The predicted molar refractivity (Wildman–Crippen MR) is 68.5 cm³/mol. The third kappa shape index (κ3) is 3.13. The van der Waals surface area contributed by atoms with Crippen molar-refractivity contribution in [1.29, 1.82) is 0 Å². The number of nitrogen functional groups attached to an aromatic ring is 1. The SMILES string of the molecule is NC(=O)c1ccc(OCC2CCCCO2)c(N)c1. The summed E-state index contributed by atoms with van der Waals surface area (Å²) in [5.41, 5.74) is 11.8. The quantitative estimate of drug-likeness (QED) is 0.789. The molecule has 0 bridgehead atoms. The number of hydrogen-bond donors (Lipinski definition) is 2. The van der Waals surface area contributed by atoms with Crippen molar-refractivity contribution in [3.8, 4) is 5.75 Å². The maximum atomic E-state index is 11.0. The normalized spacial score (nSPS) is 19.4. The van der Waals surface area contributed by atoms with Gasteiger partial charge in [-0.05, 0) is 37.5 Å². The third-order valence-electron chi connectivity index (χ3n) is 2.99. The molecule has 1 unspecified atom stereocenters. The van der Waals surface area contributed by atoms with Crippen LogP contribution in [0.1, 0.15) is 29.6 Å². The van der Waals surface area contributed by atoms with Gasteiger partial charge in [-0.1, -0.05) is 0 Å². The first-order chi connectivity index (χ1) is 8.66. The van der Waals surface area contributed by atoms with E-state index in [4.69, 9.17) is 20.9 Å². The van der Waals surface area contributed by atoms with Crippen LogP contribution in [0.5, 0.6) is 5.75 Å². The van der Waals surface area contributed by atoms with Gasteiger partial charge in [0.2, 0.25) is 5.91 Å². The number of benzene rings is 1. The summed E-state index contributed by atoms with van der Waals surface area (Å²) in [7, 11) is 0. The molecule has 1 aromatic rings. The molecule has 18 heavy (non-hydrogen) atoms. The molecule has 4 N–H and O–H groups in total. The Morgan fingerprint density at radius 2 is 2.28 bits per heavy atom. The van der Waals surface area contributed by atoms with Crippen molar-refractivity contribution in [2.75, 3.05) is 18.9 Å². The summed E-state index contributed by atoms with van der Waals surface area (Å²) >= 11 is 0. The fourth-order valence-electron chi connectivity index (χ4n) is 1.95. The molecule has 5 nitrogen and oxygen atoms in total. The summed E-state index contributed by atoms with van der Waals surface area (Å²) in [4.78, 5) is 11.0. The van der Waals surface area contributed by atoms with E-state index in [1.807, 2.05) is 0 Å². The fraction of sp³-hybridized carbons (Fsp3) is 0.462. The summed E-state index contributed by atoms with van der Waals surface area (Å²) in [5.74, 6) is 0.0676. The molecule has 0 aliphatic carbocycles. The van der Waals surface area contributed by atoms with Gasteiger partial charge in [0.25, 0.3) is 0 Å². The van der Waals surface area contributed by atoms with Crippen molar-refractivity contribution in [2.45, 2.75) is 25.4 Å². The van der Waals surface area contributed by atoms with Gasteiger partial charge in [0.15, 0.2) is 0 Å². The van der Waals surface area contributed by atoms with Crippen molar-refractivity contribution in [3.63, 3.8) is 0 Å². The molecule has 1 heterocycles. The Balaban J connectivity index is 1.94. The molecular formula is C13H18N2O3. The molecule has 1 fully saturated rings. The number of hydrogen-bond acceptors (Lipinski definition) is 4. The first-order valence-electron chi connectivity index (χ1n) is 6.10. The lowest BCUT2D eigenvalue weighted by Gasteiger charge is -2.23. The van der Waals surface area contributed by atoms with E-state index in [2.05, 4.69) is 0 Å². The van der Waals surface area contributed by atoms with Gasteiger partial charge in [-0.25, -0.2) is 0 Å². The molecule has 1 aromatic carbocycles. The molecule has 0 saturated carbocycles. The van der Waals surface area contributed by atoms with Gasteiger partial charge in [0.05, 0.1) is 11.8 Å². The number of nitrogens with two attached hydrogens (primary N) is 2. The van der Waals surface area contributed by atoms with Crippen LogP contribution in [0.25, 0.3) is 0 Å². The maximum Gasteiger partial charge on any atom is 0.248 e. The van der Waals surface area contributed by atoms with Gasteiger partial charge >= 0.3 is 0 Å². The highest BCUT2D eigenvalue weighted by Crippen LogP contribution is 2.23. The summed E-state index contributed by atoms with van der Waals surface area (Å²) < 4.78 is 11.2. The summed E-state index contributed by atoms with van der Waals surface area (Å²) in [6.45, 7) is 1.28. The zero-order valence-electron chi connectivity index (χ0n) is 10.2. The lowest BCUT2D eigenvalue weighted by atomic mass is 10.1. The molecule has 1 saturated heterocycles. The predicted octanol–water partition coefficient (Wildman–Crippen LogP) is 1.32. The van der Waals surface area contributed by atoms with Crippen LogP contribution in [0.15, 0.2) is 18.2 Å². The summed E-state index contributed by atoms with van der Waals surface area (Å²) in [6.07, 6.45) is 3.43. The molecule has 98 valence electrons. The van der Waals surface area contributed by atoms with E-state index in [9.17, 15) is 4.79 Å². The molecule has 2 rings (SSSR count). The summed E-state index contributed by atoms with van der Waals surface area (Å²) in [6, 6.07) is 4.80. The van der Waals surface area contributed by atoms with Gasteiger partial charge in [0.1, 0.15) is 12.4 Å². The van der Waals surface area contributed by atoms with E-state index in [0.29, 0.717) is 23.6 Å². The minimum atomic E-state index is -0.496. The Morgan fingerprint density at radius 3 is 2.89 bits per heavy atom. The average molecular weight is 250 g/mol. The van der Waals surface area contributed by atoms with Crippen LogP contribution < -0.4 is 16.2 Å². The number of amides is 1. The zero-order valence-corrected chi connectivity index (χ0v) is 10.2. The van der Waals surface area contributed by atoms with E-state index >= 15 is 0 Å². The fourth-order valence-corrected chi connectivity index (χ4v) is 1.95. The highest BCUT2D eigenvalue weighted by molar-refractivity contribution is 5.94. The van der Waals surface area contributed by atoms with E-state index in [1.165, 1.54) is 12.5 Å². The minimum absolute atomic E-state index is 0.133. The van der Waals surface area contributed by atoms with E-state index in [1.54, 1.807) is 12.1 Å². The van der Waals surface area contributed by atoms with Crippen LogP contribution in [-0.4, -0.2) is 25.2 Å². The van der Waals surface area contributed by atoms with Crippen LogP contribution in [0.3, 0.4) is 0 Å². The zero-order chi connectivity index (χ0) is 13.0. The number of carbonyl (C=O) groups excluding carboxylic acids is 1. The van der Waals surface area contributed by atoms with Crippen LogP contribution in [0, 0.1) is 0 Å². The standard InChI is InChI=1S/C13H18N2O3/c14-11-7-9(13(15)16)4-5-12(11)18-8-10-3-1-2-6-17-10/h4-5,7,10H,1-3,6,8,14H2,(H2,15,16). The number of carbonyl (C=O) groups is 1. The number of anilines is 1. The third-order valence-corrected chi connectivity index (χ3v) is 2.99. The Labute approximate surface area is 106 Å². The van der Waals surface area contributed by atoms with Crippen molar-refractivity contribution in [3.05, 3.63) is 23.8 Å². The van der Waals surface area contributed by atoms with Crippen LogP contribution in [0.2, 0.25) is 0 Å². The molecule has 1 amide bonds. The Bertz CT molecular complexity index is 428. The van der Waals surface area contributed by atoms with Gasteiger partial charge in [0, 0.05) is 12.2 Å². The first-order valence-corrected chi connectivity index (χ1v) is 6.10. The van der Waals surface area contributed by atoms with E-state index in [0.717, 1.165) is 19.4 Å². The lowest BCUT2D eigenvalue weighted by Crippen LogP contribution is -2.26. The molecule has 0 aromatic heterocycles. The highest BCUT2D eigenvalue weighted by atomic mass is 16.5. The van der Waals surface area contributed by atoms with Crippen molar-refractivity contribution >= 4 is 11.6 Å². The molecule has 0 spiro atoms. The van der Waals surface area contributed by atoms with Crippen molar-refractivity contribution < 1.29 is 14.3 Å². The van der Waals surface area contributed by atoms with Crippen molar-refractivity contribution in [2.24, 2.45) is 5.73 Å². The van der Waals surface area contributed by atoms with Crippen LogP contribution >= 0.6 is 0 Å². The van der Waals surface area contributed by atoms with Gasteiger partial charge in [-0.2, -0.15) is 0 Å². The Morgan fingerprint density at radius 1 is 1.44 bits per heavy atom. The van der Waals surface area contributed by atoms with E-state index in [-0.39, 0.29) is 6.10 Å². The summed E-state index contributed by atoms with van der Waals surface area (Å²) in [5, 5.41) is 0. The van der Waals surface area contributed by atoms with Gasteiger partial charge < -0.3 is 20.9 Å². The molecule has 1 aliphatic heterocycles. The first kappa shape index (κ1) is 12.7. The number of primary amides is 1. The minimum Gasteiger partial charge on any atom is -0.489 e. The second kappa shape index (κ2) is 5.73. The molecule has 0 radical (unpaired) electrons. The smallest absolute Gasteiger partial charge is 0.248 e. The molecule has 5 heteroatoms. The average Bonchev–Trinajstić information content (AvgIpc) is 2.38. The highest BCUT2D eigenvalue weighted by Gasteiger charge is 2.15. The van der Waals surface area contributed by atoms with Crippen molar-refractivity contribution in [1.82, 2.24) is 0 Å². The second-order valence-corrected chi connectivity index (χ2v) is 4.42. The Kier molecular flexibility index (Phi) is 4.04. The van der Waals surface area contributed by atoms with E-state index < -0.39 is 5.91 Å². The molecular weight excluding hydrogens is 232 g/mol. The number of ether oxygens (including phenoxy) is 2. The molecule has 1 aliphatic rings. The second-order valence-electron chi connectivity index (χ2n) is 4.42. The maximum absolute atomic E-state index is 11.0. The molecule has 1 atom stereocenters. The monoisotopic (exact) mass is 250 g/mol.